The molecule has 0 unspecified atom stereocenters. The molecular weight excluding hydrogens is 212 g/mol. The van der Waals surface area contributed by atoms with Gasteiger partial charge in [-0.2, -0.15) is 0 Å². The number of phenolic OH excluding ortho intramolecular Hbond substituents is 2. The Morgan fingerprint density at radius 1 is 0.765 bits per heavy atom. The molecule has 0 saturated heterocycles. The predicted octanol–water partition coefficient (Wildman–Crippen LogP) is 3.69. The van der Waals surface area contributed by atoms with Gasteiger partial charge in [-0.05, 0) is 38.0 Å². The van der Waals surface area contributed by atoms with Gasteiger partial charge < -0.3 is 10.2 Å². The van der Waals surface area contributed by atoms with Crippen LogP contribution in [0.25, 0.3) is 11.1 Å². The van der Waals surface area contributed by atoms with Gasteiger partial charge in [0, 0.05) is 11.6 Å². The zero-order chi connectivity index (χ0) is 12.6. The van der Waals surface area contributed by atoms with Gasteiger partial charge in [0.2, 0.25) is 0 Å². The second-order valence-electron chi connectivity index (χ2n) is 4.53. The summed E-state index contributed by atoms with van der Waals surface area (Å²) in [5.41, 5.74) is 4.96. The van der Waals surface area contributed by atoms with E-state index in [9.17, 15) is 10.2 Å². The highest BCUT2D eigenvalue weighted by atomic mass is 16.3. The normalized spacial score (nSPS) is 10.5. The van der Waals surface area contributed by atoms with E-state index in [2.05, 4.69) is 6.07 Å². The Labute approximate surface area is 101 Å². The van der Waals surface area contributed by atoms with Crippen LogP contribution in [0.2, 0.25) is 0 Å². The van der Waals surface area contributed by atoms with E-state index in [4.69, 9.17) is 0 Å². The van der Waals surface area contributed by atoms with E-state index in [-0.39, 0.29) is 11.5 Å². The standard InChI is InChI=1S/C15H16O2/c1-9-4-10(2)6-12(5-9)15-11(3)7-13(16)8-14(15)17/h4-8,16-17H,1-3H3. The van der Waals surface area contributed by atoms with Gasteiger partial charge in [-0.3, -0.25) is 0 Å². The van der Waals surface area contributed by atoms with Crippen molar-refractivity contribution < 1.29 is 10.2 Å². The predicted molar refractivity (Wildman–Crippen MR) is 69.4 cm³/mol. The van der Waals surface area contributed by atoms with Gasteiger partial charge in [0.25, 0.3) is 0 Å². The van der Waals surface area contributed by atoms with Crippen LogP contribution in [0.3, 0.4) is 0 Å². The number of benzene rings is 2. The molecule has 0 amide bonds. The maximum absolute atomic E-state index is 9.95. The highest BCUT2D eigenvalue weighted by Gasteiger charge is 2.10. The minimum absolute atomic E-state index is 0.0909. The van der Waals surface area contributed by atoms with Crippen LogP contribution in [0.5, 0.6) is 11.5 Å². The van der Waals surface area contributed by atoms with Crippen LogP contribution in [0.4, 0.5) is 0 Å². The number of hydrogen-bond acceptors (Lipinski definition) is 2. The summed E-state index contributed by atoms with van der Waals surface area (Å²) in [4.78, 5) is 0. The SMILES string of the molecule is Cc1cc(C)cc(-c2c(C)cc(O)cc2O)c1. The molecule has 2 nitrogen and oxygen atoms in total. The Morgan fingerprint density at radius 2 is 1.35 bits per heavy atom. The fraction of sp³-hybridized carbons (Fsp3) is 0.200. The first-order valence-electron chi connectivity index (χ1n) is 5.58. The summed E-state index contributed by atoms with van der Waals surface area (Å²) in [6.07, 6.45) is 0. The number of phenols is 2. The van der Waals surface area contributed by atoms with Crippen molar-refractivity contribution in [3.05, 3.63) is 47.0 Å². The molecule has 0 radical (unpaired) electrons. The van der Waals surface area contributed by atoms with Crippen molar-refractivity contribution in [3.63, 3.8) is 0 Å². The molecule has 0 bridgehead atoms. The fourth-order valence-corrected chi connectivity index (χ4v) is 2.24. The lowest BCUT2D eigenvalue weighted by Gasteiger charge is -2.11. The Bertz CT molecular complexity index is 528. The van der Waals surface area contributed by atoms with Gasteiger partial charge in [0.1, 0.15) is 11.5 Å². The molecule has 2 N–H and O–H groups in total. The van der Waals surface area contributed by atoms with E-state index in [1.165, 1.54) is 6.07 Å². The smallest absolute Gasteiger partial charge is 0.127 e. The summed E-state index contributed by atoms with van der Waals surface area (Å²) in [6, 6.07) is 9.20. The molecule has 0 saturated carbocycles. The topological polar surface area (TPSA) is 40.5 Å². The average Bonchev–Trinajstić information content (AvgIpc) is 2.13. The van der Waals surface area contributed by atoms with E-state index in [0.717, 1.165) is 27.8 Å². The van der Waals surface area contributed by atoms with Crippen LogP contribution >= 0.6 is 0 Å². The van der Waals surface area contributed by atoms with Crippen LogP contribution in [0.15, 0.2) is 30.3 Å². The number of aryl methyl sites for hydroxylation is 3. The lowest BCUT2D eigenvalue weighted by molar-refractivity contribution is 0.451. The molecule has 2 heteroatoms. The zero-order valence-corrected chi connectivity index (χ0v) is 10.3. The highest BCUT2D eigenvalue weighted by molar-refractivity contribution is 5.75. The van der Waals surface area contributed by atoms with Gasteiger partial charge in [-0.15, -0.1) is 0 Å². The summed E-state index contributed by atoms with van der Waals surface area (Å²) in [5, 5.41) is 19.4. The molecule has 0 heterocycles. The van der Waals surface area contributed by atoms with Crippen LogP contribution < -0.4 is 0 Å². The van der Waals surface area contributed by atoms with Gasteiger partial charge in [0.05, 0.1) is 0 Å². The third-order valence-electron chi connectivity index (χ3n) is 2.81. The summed E-state index contributed by atoms with van der Waals surface area (Å²) >= 11 is 0. The van der Waals surface area contributed by atoms with Gasteiger partial charge in [-0.1, -0.05) is 29.3 Å². The van der Waals surface area contributed by atoms with Crippen LogP contribution in [-0.2, 0) is 0 Å². The number of hydrogen-bond donors (Lipinski definition) is 2. The minimum Gasteiger partial charge on any atom is -0.508 e. The summed E-state index contributed by atoms with van der Waals surface area (Å²) < 4.78 is 0. The number of rotatable bonds is 1. The molecule has 2 rings (SSSR count). The maximum atomic E-state index is 9.95. The first-order chi connectivity index (χ1) is 7.97. The van der Waals surface area contributed by atoms with Crippen molar-refractivity contribution in [1.82, 2.24) is 0 Å². The second kappa shape index (κ2) is 4.13. The second-order valence-corrected chi connectivity index (χ2v) is 4.53. The zero-order valence-electron chi connectivity index (χ0n) is 10.3. The molecule has 0 aliphatic rings. The molecule has 0 fully saturated rings. The van der Waals surface area contributed by atoms with Crippen molar-refractivity contribution in [3.8, 4) is 22.6 Å². The minimum atomic E-state index is 0.0909. The summed E-state index contributed by atoms with van der Waals surface area (Å²) in [6.45, 7) is 5.94. The Balaban J connectivity index is 2.68. The molecule has 88 valence electrons. The molecule has 0 spiro atoms. The Kier molecular flexibility index (Phi) is 2.80. The van der Waals surface area contributed by atoms with Crippen LogP contribution in [0.1, 0.15) is 16.7 Å². The first-order valence-corrected chi connectivity index (χ1v) is 5.58. The average molecular weight is 228 g/mol. The molecule has 2 aromatic carbocycles. The summed E-state index contributed by atoms with van der Waals surface area (Å²) in [5.74, 6) is 0.209. The molecule has 2 aromatic rings. The third kappa shape index (κ3) is 2.26. The number of aromatic hydroxyl groups is 2. The van der Waals surface area contributed by atoms with E-state index < -0.39 is 0 Å². The fourth-order valence-electron chi connectivity index (χ4n) is 2.24. The van der Waals surface area contributed by atoms with Crippen LogP contribution in [0, 0.1) is 20.8 Å². The van der Waals surface area contributed by atoms with Crippen molar-refractivity contribution >= 4 is 0 Å². The Hall–Kier alpha value is -1.96. The quantitative estimate of drug-likeness (QED) is 0.781. The lowest BCUT2D eigenvalue weighted by atomic mass is 9.96. The van der Waals surface area contributed by atoms with Gasteiger partial charge >= 0.3 is 0 Å². The van der Waals surface area contributed by atoms with E-state index >= 15 is 0 Å². The lowest BCUT2D eigenvalue weighted by Crippen LogP contribution is -1.87. The van der Waals surface area contributed by atoms with Crippen molar-refractivity contribution in [2.24, 2.45) is 0 Å². The summed E-state index contributed by atoms with van der Waals surface area (Å²) in [7, 11) is 0. The third-order valence-corrected chi connectivity index (χ3v) is 2.81. The van der Waals surface area contributed by atoms with E-state index in [1.54, 1.807) is 6.07 Å². The van der Waals surface area contributed by atoms with E-state index in [1.807, 2.05) is 32.9 Å². The first kappa shape index (κ1) is 11.5. The maximum Gasteiger partial charge on any atom is 0.127 e. The van der Waals surface area contributed by atoms with Crippen molar-refractivity contribution in [2.75, 3.05) is 0 Å². The monoisotopic (exact) mass is 228 g/mol. The largest absolute Gasteiger partial charge is 0.508 e. The molecule has 0 aromatic heterocycles. The van der Waals surface area contributed by atoms with Gasteiger partial charge in [-0.25, -0.2) is 0 Å². The van der Waals surface area contributed by atoms with Gasteiger partial charge in [0.15, 0.2) is 0 Å². The molecule has 0 atom stereocenters. The molecule has 17 heavy (non-hydrogen) atoms. The van der Waals surface area contributed by atoms with Crippen LogP contribution in [-0.4, -0.2) is 10.2 Å². The Morgan fingerprint density at radius 3 is 1.88 bits per heavy atom. The van der Waals surface area contributed by atoms with Crippen molar-refractivity contribution in [2.45, 2.75) is 20.8 Å². The van der Waals surface area contributed by atoms with E-state index in [0.29, 0.717) is 0 Å². The molecular formula is C15H16O2. The molecule has 0 aliphatic carbocycles. The highest BCUT2D eigenvalue weighted by Crippen LogP contribution is 2.36. The molecule has 0 aliphatic heterocycles. The van der Waals surface area contributed by atoms with Crippen molar-refractivity contribution in [1.29, 1.82) is 0 Å².